The van der Waals surface area contributed by atoms with Crippen LogP contribution in [-0.4, -0.2) is 37.1 Å². The lowest BCUT2D eigenvalue weighted by atomic mass is 10.0. The van der Waals surface area contributed by atoms with Gasteiger partial charge in [-0.2, -0.15) is 0 Å². The third-order valence-corrected chi connectivity index (χ3v) is 3.45. The second kappa shape index (κ2) is 6.12. The third-order valence-electron chi connectivity index (χ3n) is 3.45. The van der Waals surface area contributed by atoms with Crippen molar-refractivity contribution in [1.82, 2.24) is 4.90 Å². The molecule has 1 heterocycles. The molecule has 19 heavy (non-hydrogen) atoms. The molecule has 2 atom stereocenters. The first-order valence-corrected chi connectivity index (χ1v) is 6.44. The molecule has 1 saturated heterocycles. The van der Waals surface area contributed by atoms with E-state index in [1.807, 2.05) is 0 Å². The zero-order chi connectivity index (χ0) is 13.8. The highest BCUT2D eigenvalue weighted by atomic mass is 19.1. The average Bonchev–Trinajstić information content (AvgIpc) is 2.88. The van der Waals surface area contributed by atoms with E-state index >= 15 is 0 Å². The number of ether oxygens (including phenoxy) is 1. The number of nitrogens with zero attached hydrogens (tertiary/aromatic N) is 1. The second-order valence-corrected chi connectivity index (χ2v) is 4.80. The van der Waals surface area contributed by atoms with Crippen LogP contribution in [0.25, 0.3) is 0 Å². The number of likely N-dealkylation sites (tertiary alicyclic amines) is 1. The predicted octanol–water partition coefficient (Wildman–Crippen LogP) is 1.46. The van der Waals surface area contributed by atoms with E-state index in [0.717, 1.165) is 18.4 Å². The van der Waals surface area contributed by atoms with Crippen molar-refractivity contribution in [2.24, 2.45) is 5.73 Å². The van der Waals surface area contributed by atoms with Crippen molar-refractivity contribution < 1.29 is 13.9 Å². The molecule has 4 nitrogen and oxygen atoms in total. The van der Waals surface area contributed by atoms with Crippen molar-refractivity contribution in [3.63, 3.8) is 0 Å². The van der Waals surface area contributed by atoms with Gasteiger partial charge in [0.05, 0.1) is 12.6 Å². The van der Waals surface area contributed by atoms with Gasteiger partial charge in [-0.3, -0.25) is 4.79 Å². The van der Waals surface area contributed by atoms with Crippen LogP contribution in [0.4, 0.5) is 4.39 Å². The summed E-state index contributed by atoms with van der Waals surface area (Å²) < 4.78 is 17.9. The Morgan fingerprint density at radius 3 is 2.84 bits per heavy atom. The third kappa shape index (κ3) is 3.11. The number of carbonyl (C=O) groups excluding carboxylic acids is 1. The van der Waals surface area contributed by atoms with E-state index in [2.05, 4.69) is 0 Å². The fraction of sp³-hybridized carbons (Fsp3) is 0.500. The summed E-state index contributed by atoms with van der Waals surface area (Å²) in [6.45, 7) is 0.907. The molecule has 0 saturated carbocycles. The van der Waals surface area contributed by atoms with E-state index in [1.165, 1.54) is 19.2 Å². The number of hydrogen-bond donors (Lipinski definition) is 1. The fourth-order valence-electron chi connectivity index (χ4n) is 2.53. The van der Waals surface area contributed by atoms with Crippen LogP contribution in [0.1, 0.15) is 24.4 Å². The van der Waals surface area contributed by atoms with Crippen molar-refractivity contribution in [2.75, 3.05) is 20.3 Å². The molecular weight excluding hydrogens is 247 g/mol. The summed E-state index contributed by atoms with van der Waals surface area (Å²) in [6, 6.07) is 5.67. The number of benzene rings is 1. The van der Waals surface area contributed by atoms with E-state index < -0.39 is 6.04 Å². The second-order valence-electron chi connectivity index (χ2n) is 4.80. The number of methoxy groups -OCH3 is 1. The van der Waals surface area contributed by atoms with Gasteiger partial charge in [-0.25, -0.2) is 4.39 Å². The smallest absolute Gasteiger partial charge is 0.242 e. The van der Waals surface area contributed by atoms with E-state index in [0.29, 0.717) is 6.54 Å². The molecular formula is C14H19FN2O2. The lowest BCUT2D eigenvalue weighted by molar-refractivity contribution is -0.134. The van der Waals surface area contributed by atoms with E-state index in [4.69, 9.17) is 10.5 Å². The number of nitrogens with two attached hydrogens (primary N) is 1. The number of carbonyl (C=O) groups is 1. The van der Waals surface area contributed by atoms with Crippen LogP contribution in [0, 0.1) is 5.82 Å². The minimum absolute atomic E-state index is 0.00370. The maximum atomic E-state index is 12.9. The molecule has 0 aromatic heterocycles. The highest BCUT2D eigenvalue weighted by molar-refractivity contribution is 5.82. The van der Waals surface area contributed by atoms with Gasteiger partial charge >= 0.3 is 0 Å². The molecule has 1 fully saturated rings. The highest BCUT2D eigenvalue weighted by Crippen LogP contribution is 2.32. The Labute approximate surface area is 112 Å². The van der Waals surface area contributed by atoms with Crippen molar-refractivity contribution in [3.05, 3.63) is 35.6 Å². The zero-order valence-electron chi connectivity index (χ0n) is 11.0. The van der Waals surface area contributed by atoms with Crippen LogP contribution in [0.2, 0.25) is 0 Å². The molecule has 5 heteroatoms. The average molecular weight is 266 g/mol. The maximum absolute atomic E-state index is 12.9. The Morgan fingerprint density at radius 1 is 1.53 bits per heavy atom. The molecule has 2 N–H and O–H groups in total. The molecule has 0 spiro atoms. The van der Waals surface area contributed by atoms with Crippen LogP contribution >= 0.6 is 0 Å². The van der Waals surface area contributed by atoms with Gasteiger partial charge in [0.2, 0.25) is 5.91 Å². The number of hydrogen-bond acceptors (Lipinski definition) is 3. The quantitative estimate of drug-likeness (QED) is 0.897. The van der Waals surface area contributed by atoms with Gasteiger partial charge in [-0.1, -0.05) is 12.1 Å². The topological polar surface area (TPSA) is 55.6 Å². The van der Waals surface area contributed by atoms with Crippen LogP contribution < -0.4 is 5.73 Å². The predicted molar refractivity (Wildman–Crippen MR) is 69.9 cm³/mol. The first-order chi connectivity index (χ1) is 9.13. The van der Waals surface area contributed by atoms with Gasteiger partial charge in [0.15, 0.2) is 0 Å². The maximum Gasteiger partial charge on any atom is 0.242 e. The number of amides is 1. The zero-order valence-corrected chi connectivity index (χ0v) is 11.0. The molecule has 0 radical (unpaired) electrons. The number of halogens is 1. The summed E-state index contributed by atoms with van der Waals surface area (Å²) >= 11 is 0. The summed E-state index contributed by atoms with van der Waals surface area (Å²) in [5.74, 6) is -0.371. The van der Waals surface area contributed by atoms with Gasteiger partial charge in [0.25, 0.3) is 0 Å². The summed E-state index contributed by atoms with van der Waals surface area (Å²) in [6.07, 6.45) is 1.82. The summed E-state index contributed by atoms with van der Waals surface area (Å²) in [4.78, 5) is 14.0. The minimum atomic E-state index is -0.633. The Bertz CT molecular complexity index is 436. The number of rotatable bonds is 4. The van der Waals surface area contributed by atoms with Crippen molar-refractivity contribution >= 4 is 5.91 Å². The van der Waals surface area contributed by atoms with Crippen molar-refractivity contribution in [3.8, 4) is 0 Å². The molecule has 1 aromatic carbocycles. The molecule has 0 aliphatic carbocycles. The van der Waals surface area contributed by atoms with Gasteiger partial charge < -0.3 is 15.4 Å². The van der Waals surface area contributed by atoms with Gasteiger partial charge in [0, 0.05) is 13.7 Å². The minimum Gasteiger partial charge on any atom is -0.383 e. The van der Waals surface area contributed by atoms with E-state index in [-0.39, 0.29) is 24.4 Å². The summed E-state index contributed by atoms with van der Waals surface area (Å²) in [5, 5.41) is 0. The van der Waals surface area contributed by atoms with Crippen molar-refractivity contribution in [1.29, 1.82) is 0 Å². The standard InChI is InChI=1S/C14H19FN2O2/c1-19-9-12(16)14(18)17-8-2-3-13(17)10-4-6-11(15)7-5-10/h4-7,12-13H,2-3,8-9,16H2,1H3. The molecule has 2 rings (SSSR count). The molecule has 104 valence electrons. The van der Waals surface area contributed by atoms with Crippen LogP contribution in [0.3, 0.4) is 0 Å². The fourth-order valence-corrected chi connectivity index (χ4v) is 2.53. The summed E-state index contributed by atoms with van der Waals surface area (Å²) in [5.41, 5.74) is 6.75. The summed E-state index contributed by atoms with van der Waals surface area (Å²) in [7, 11) is 1.52. The van der Waals surface area contributed by atoms with Crippen molar-refractivity contribution in [2.45, 2.75) is 24.9 Å². The SMILES string of the molecule is COCC(N)C(=O)N1CCCC1c1ccc(F)cc1. The van der Waals surface area contributed by atoms with Crippen LogP contribution in [0.15, 0.2) is 24.3 Å². The largest absolute Gasteiger partial charge is 0.383 e. The molecule has 0 bridgehead atoms. The lowest BCUT2D eigenvalue weighted by Crippen LogP contribution is -2.45. The molecule has 1 amide bonds. The Hall–Kier alpha value is -1.46. The van der Waals surface area contributed by atoms with Gasteiger partial charge in [-0.15, -0.1) is 0 Å². The first-order valence-electron chi connectivity index (χ1n) is 6.44. The Balaban J connectivity index is 2.12. The Morgan fingerprint density at radius 2 is 2.21 bits per heavy atom. The molecule has 1 aliphatic heterocycles. The van der Waals surface area contributed by atoms with Gasteiger partial charge in [-0.05, 0) is 30.5 Å². The molecule has 2 unspecified atom stereocenters. The Kier molecular flexibility index (Phi) is 4.50. The lowest BCUT2D eigenvalue weighted by Gasteiger charge is -2.27. The molecule has 1 aromatic rings. The first kappa shape index (κ1) is 14.0. The van der Waals surface area contributed by atoms with E-state index in [1.54, 1.807) is 17.0 Å². The normalized spacial score (nSPS) is 20.6. The van der Waals surface area contributed by atoms with E-state index in [9.17, 15) is 9.18 Å². The molecule has 1 aliphatic rings. The van der Waals surface area contributed by atoms with Gasteiger partial charge in [0.1, 0.15) is 11.9 Å². The van der Waals surface area contributed by atoms with Crippen LogP contribution in [-0.2, 0) is 9.53 Å². The van der Waals surface area contributed by atoms with Crippen LogP contribution in [0.5, 0.6) is 0 Å². The highest BCUT2D eigenvalue weighted by Gasteiger charge is 2.32. The monoisotopic (exact) mass is 266 g/mol.